The van der Waals surface area contributed by atoms with Gasteiger partial charge in [-0.1, -0.05) is 12.1 Å². The molecule has 0 spiro atoms. The molecular weight excluding hydrogens is 388 g/mol. The van der Waals surface area contributed by atoms with Crippen LogP contribution in [0, 0.1) is 12.8 Å². The standard InChI is InChI=1S/C24H30N6O/c1-17-15-29(16-26-17)21-7-5-18(14-22(21)31-2)6-8-23-27-24-20(4-3-13-30(24)28-23)19-9-11-25-12-10-19/h5-8,14-16,19-20,25H,3-4,9-13H2,1-2H3/b8-6+/t20-/m1/s1. The fourth-order valence-electron chi connectivity index (χ4n) is 4.90. The summed E-state index contributed by atoms with van der Waals surface area (Å²) in [6, 6.07) is 6.17. The number of aromatic nitrogens is 5. The van der Waals surface area contributed by atoms with Crippen LogP contribution in [0.2, 0.25) is 0 Å². The van der Waals surface area contributed by atoms with Gasteiger partial charge < -0.3 is 14.6 Å². The Morgan fingerprint density at radius 3 is 2.81 bits per heavy atom. The maximum absolute atomic E-state index is 5.63. The van der Waals surface area contributed by atoms with Crippen LogP contribution in [0.4, 0.5) is 0 Å². The molecular formula is C24H30N6O. The number of ether oxygens (including phenoxy) is 1. The van der Waals surface area contributed by atoms with E-state index < -0.39 is 0 Å². The SMILES string of the molecule is COc1cc(/C=C/c2nc3n(n2)CCC[C@@H]3C2CCNCC2)ccc1-n1cnc(C)c1. The van der Waals surface area contributed by atoms with E-state index in [2.05, 4.69) is 33.2 Å². The first-order valence-corrected chi connectivity index (χ1v) is 11.2. The first-order chi connectivity index (χ1) is 15.2. The van der Waals surface area contributed by atoms with Crippen LogP contribution in [-0.2, 0) is 6.54 Å². The minimum absolute atomic E-state index is 0.545. The van der Waals surface area contributed by atoms with Crippen LogP contribution in [0.3, 0.4) is 0 Å². The molecule has 2 aliphatic rings. The predicted octanol–water partition coefficient (Wildman–Crippen LogP) is 3.83. The molecule has 1 fully saturated rings. The Hall–Kier alpha value is -2.93. The van der Waals surface area contributed by atoms with Gasteiger partial charge in [-0.25, -0.2) is 14.6 Å². The lowest BCUT2D eigenvalue weighted by Crippen LogP contribution is -2.33. The van der Waals surface area contributed by atoms with Crippen molar-refractivity contribution in [3.05, 3.63) is 53.6 Å². The highest BCUT2D eigenvalue weighted by atomic mass is 16.5. The number of rotatable bonds is 5. The first-order valence-electron chi connectivity index (χ1n) is 11.2. The number of methoxy groups -OCH3 is 1. The molecule has 0 unspecified atom stereocenters. The van der Waals surface area contributed by atoms with E-state index in [0.717, 1.165) is 54.1 Å². The third-order valence-corrected chi connectivity index (χ3v) is 6.50. The maximum Gasteiger partial charge on any atom is 0.174 e. The Bertz CT molecular complexity index is 1080. The summed E-state index contributed by atoms with van der Waals surface area (Å²) in [5, 5.41) is 8.26. The average molecular weight is 419 g/mol. The number of nitrogens with one attached hydrogen (secondary N) is 1. The molecule has 2 aliphatic heterocycles. The van der Waals surface area contributed by atoms with Crippen molar-refractivity contribution in [2.45, 2.75) is 45.1 Å². The predicted molar refractivity (Wildman–Crippen MR) is 121 cm³/mol. The summed E-state index contributed by atoms with van der Waals surface area (Å²) in [5.74, 6) is 4.06. The van der Waals surface area contributed by atoms with Crippen molar-refractivity contribution in [3.63, 3.8) is 0 Å². The second kappa shape index (κ2) is 8.67. The monoisotopic (exact) mass is 418 g/mol. The summed E-state index contributed by atoms with van der Waals surface area (Å²) < 4.78 is 9.75. The van der Waals surface area contributed by atoms with Crippen molar-refractivity contribution in [2.24, 2.45) is 5.92 Å². The number of hydrogen-bond acceptors (Lipinski definition) is 5. The highest BCUT2D eigenvalue weighted by molar-refractivity contribution is 5.69. The fraction of sp³-hybridized carbons (Fsp3) is 0.458. The summed E-state index contributed by atoms with van der Waals surface area (Å²) >= 11 is 0. The van der Waals surface area contributed by atoms with Crippen LogP contribution in [-0.4, -0.2) is 44.5 Å². The summed E-state index contributed by atoms with van der Waals surface area (Å²) in [5.41, 5.74) is 3.00. The van der Waals surface area contributed by atoms with Gasteiger partial charge in [0.2, 0.25) is 0 Å². The number of hydrogen-bond donors (Lipinski definition) is 1. The van der Waals surface area contributed by atoms with Crippen molar-refractivity contribution in [1.29, 1.82) is 0 Å². The largest absolute Gasteiger partial charge is 0.495 e. The van der Waals surface area contributed by atoms with E-state index in [-0.39, 0.29) is 0 Å². The van der Waals surface area contributed by atoms with Crippen LogP contribution < -0.4 is 10.1 Å². The fourth-order valence-corrected chi connectivity index (χ4v) is 4.90. The van der Waals surface area contributed by atoms with E-state index in [9.17, 15) is 0 Å². The second-order valence-electron chi connectivity index (χ2n) is 8.57. The van der Waals surface area contributed by atoms with Gasteiger partial charge in [-0.3, -0.25) is 0 Å². The average Bonchev–Trinajstić information content (AvgIpc) is 3.43. The van der Waals surface area contributed by atoms with Gasteiger partial charge in [-0.05, 0) is 75.4 Å². The molecule has 1 saturated heterocycles. The van der Waals surface area contributed by atoms with E-state index in [1.54, 1.807) is 13.4 Å². The molecule has 1 N–H and O–H groups in total. The van der Waals surface area contributed by atoms with Crippen molar-refractivity contribution < 1.29 is 4.74 Å². The quantitative estimate of drug-likeness (QED) is 0.682. The molecule has 0 bridgehead atoms. The maximum atomic E-state index is 5.63. The van der Waals surface area contributed by atoms with Gasteiger partial charge in [0.1, 0.15) is 11.6 Å². The molecule has 4 heterocycles. The van der Waals surface area contributed by atoms with Gasteiger partial charge in [-0.2, -0.15) is 5.10 Å². The number of aryl methyl sites for hydroxylation is 2. The Morgan fingerprint density at radius 1 is 1.16 bits per heavy atom. The molecule has 1 aromatic carbocycles. The Kier molecular flexibility index (Phi) is 5.59. The molecule has 3 aromatic rings. The lowest BCUT2D eigenvalue weighted by molar-refractivity contribution is 0.264. The number of nitrogens with zero attached hydrogens (tertiary/aromatic N) is 5. The summed E-state index contributed by atoms with van der Waals surface area (Å²) in [7, 11) is 1.70. The van der Waals surface area contributed by atoms with Crippen molar-refractivity contribution in [1.82, 2.24) is 29.6 Å². The van der Waals surface area contributed by atoms with Crippen LogP contribution in [0.25, 0.3) is 17.8 Å². The molecule has 162 valence electrons. The van der Waals surface area contributed by atoms with E-state index >= 15 is 0 Å². The van der Waals surface area contributed by atoms with Gasteiger partial charge in [0.15, 0.2) is 5.82 Å². The minimum atomic E-state index is 0.545. The number of imidazole rings is 1. The van der Waals surface area contributed by atoms with Crippen molar-refractivity contribution >= 4 is 12.2 Å². The van der Waals surface area contributed by atoms with Crippen LogP contribution >= 0.6 is 0 Å². The molecule has 0 aliphatic carbocycles. The lowest BCUT2D eigenvalue weighted by atomic mass is 9.80. The molecule has 2 aromatic heterocycles. The summed E-state index contributed by atoms with van der Waals surface area (Å²) in [6.45, 7) is 5.20. The first kappa shape index (κ1) is 20.0. The van der Waals surface area contributed by atoms with E-state index in [1.807, 2.05) is 29.8 Å². The molecule has 0 amide bonds. The van der Waals surface area contributed by atoms with Gasteiger partial charge in [0.05, 0.1) is 24.8 Å². The van der Waals surface area contributed by atoms with Crippen LogP contribution in [0.15, 0.2) is 30.7 Å². The Morgan fingerprint density at radius 2 is 2.03 bits per heavy atom. The molecule has 1 atom stereocenters. The molecule has 7 nitrogen and oxygen atoms in total. The molecule has 0 radical (unpaired) electrons. The van der Waals surface area contributed by atoms with Crippen molar-refractivity contribution in [2.75, 3.05) is 20.2 Å². The second-order valence-corrected chi connectivity index (χ2v) is 8.57. The van der Waals surface area contributed by atoms with E-state index in [1.165, 1.54) is 31.5 Å². The summed E-state index contributed by atoms with van der Waals surface area (Å²) in [4.78, 5) is 9.24. The zero-order chi connectivity index (χ0) is 21.2. The van der Waals surface area contributed by atoms with Gasteiger partial charge in [0.25, 0.3) is 0 Å². The topological polar surface area (TPSA) is 69.8 Å². The third-order valence-electron chi connectivity index (χ3n) is 6.50. The molecule has 7 heteroatoms. The molecule has 5 rings (SSSR count). The molecule has 0 saturated carbocycles. The van der Waals surface area contributed by atoms with E-state index in [4.69, 9.17) is 14.8 Å². The smallest absolute Gasteiger partial charge is 0.174 e. The normalized spacial score (nSPS) is 19.6. The number of benzene rings is 1. The Labute approximate surface area is 183 Å². The minimum Gasteiger partial charge on any atom is -0.495 e. The lowest BCUT2D eigenvalue weighted by Gasteiger charge is -2.32. The van der Waals surface area contributed by atoms with Gasteiger partial charge in [-0.15, -0.1) is 0 Å². The highest BCUT2D eigenvalue weighted by Crippen LogP contribution is 2.36. The van der Waals surface area contributed by atoms with E-state index in [0.29, 0.717) is 5.92 Å². The summed E-state index contributed by atoms with van der Waals surface area (Å²) in [6.07, 6.45) is 12.8. The van der Waals surface area contributed by atoms with Crippen molar-refractivity contribution in [3.8, 4) is 11.4 Å². The molecule has 31 heavy (non-hydrogen) atoms. The Balaban J connectivity index is 1.37. The number of piperidine rings is 1. The van der Waals surface area contributed by atoms with Gasteiger partial charge in [0, 0.05) is 18.7 Å². The van der Waals surface area contributed by atoms with Crippen LogP contribution in [0.1, 0.15) is 54.5 Å². The number of fused-ring (bicyclic) bond motifs is 1. The van der Waals surface area contributed by atoms with Gasteiger partial charge >= 0.3 is 0 Å². The zero-order valence-electron chi connectivity index (χ0n) is 18.3. The third kappa shape index (κ3) is 4.14. The van der Waals surface area contributed by atoms with Crippen LogP contribution in [0.5, 0.6) is 5.75 Å². The zero-order valence-corrected chi connectivity index (χ0v) is 18.3. The highest BCUT2D eigenvalue weighted by Gasteiger charge is 2.31.